The molecule has 18 heavy (non-hydrogen) atoms. The number of hydrogen-bond acceptors (Lipinski definition) is 3. The van der Waals surface area contributed by atoms with Crippen LogP contribution in [0.15, 0.2) is 24.0 Å². The lowest BCUT2D eigenvalue weighted by atomic mass is 9.97. The molecule has 0 bridgehead atoms. The van der Waals surface area contributed by atoms with E-state index in [1.807, 2.05) is 6.92 Å². The topological polar surface area (TPSA) is 54.9 Å². The highest BCUT2D eigenvalue weighted by Gasteiger charge is 2.08. The summed E-state index contributed by atoms with van der Waals surface area (Å²) in [4.78, 5) is 19.8. The minimum Gasteiger partial charge on any atom is -0.350 e. The van der Waals surface area contributed by atoms with Gasteiger partial charge in [0.2, 0.25) is 0 Å². The zero-order valence-corrected chi connectivity index (χ0v) is 10.8. The summed E-state index contributed by atoms with van der Waals surface area (Å²) in [5.41, 5.74) is 2.73. The molecule has 0 unspecified atom stereocenters. The molecule has 1 aromatic heterocycles. The van der Waals surface area contributed by atoms with E-state index in [4.69, 9.17) is 0 Å². The van der Waals surface area contributed by atoms with Crippen LogP contribution in [0.5, 0.6) is 0 Å². The molecule has 0 aliphatic heterocycles. The zero-order chi connectivity index (χ0) is 12.8. The average Bonchev–Trinajstić information content (AvgIpc) is 2.40. The van der Waals surface area contributed by atoms with Gasteiger partial charge < -0.3 is 5.32 Å². The summed E-state index contributed by atoms with van der Waals surface area (Å²) in [6.45, 7) is 2.54. The van der Waals surface area contributed by atoms with Gasteiger partial charge in [0.15, 0.2) is 0 Å². The van der Waals surface area contributed by atoms with Gasteiger partial charge in [-0.1, -0.05) is 11.6 Å². The molecule has 0 atom stereocenters. The first-order valence-electron chi connectivity index (χ1n) is 6.50. The number of nitrogens with one attached hydrogen (secondary N) is 1. The molecule has 0 saturated heterocycles. The van der Waals surface area contributed by atoms with Crippen LogP contribution in [-0.2, 0) is 0 Å². The second kappa shape index (κ2) is 6.28. The van der Waals surface area contributed by atoms with Gasteiger partial charge in [-0.05, 0) is 45.1 Å². The summed E-state index contributed by atoms with van der Waals surface area (Å²) in [5, 5.41) is 2.90. The molecular formula is C14H19N3O. The molecule has 0 radical (unpaired) electrons. The van der Waals surface area contributed by atoms with E-state index in [2.05, 4.69) is 21.4 Å². The summed E-state index contributed by atoms with van der Waals surface area (Å²) < 4.78 is 0. The fraction of sp³-hybridized carbons (Fsp3) is 0.500. The first-order valence-corrected chi connectivity index (χ1v) is 6.50. The molecule has 96 valence electrons. The molecule has 1 amide bonds. The Bertz CT molecular complexity index is 454. The van der Waals surface area contributed by atoms with Crippen LogP contribution in [0.1, 0.15) is 48.3 Å². The van der Waals surface area contributed by atoms with Crippen molar-refractivity contribution >= 4 is 5.91 Å². The second-order valence-electron chi connectivity index (χ2n) is 4.66. The molecule has 0 aromatic carbocycles. The first-order chi connectivity index (χ1) is 8.75. The summed E-state index contributed by atoms with van der Waals surface area (Å²) in [6, 6.07) is 1.70. The zero-order valence-electron chi connectivity index (χ0n) is 10.8. The lowest BCUT2D eigenvalue weighted by molar-refractivity contribution is 0.0948. The Hall–Kier alpha value is -1.71. The van der Waals surface area contributed by atoms with Crippen molar-refractivity contribution < 1.29 is 4.79 Å². The third-order valence-corrected chi connectivity index (χ3v) is 3.15. The number of allylic oxidation sites excluding steroid dienone is 1. The number of hydrogen-bond donors (Lipinski definition) is 1. The fourth-order valence-corrected chi connectivity index (χ4v) is 2.14. The van der Waals surface area contributed by atoms with Gasteiger partial charge in [-0.15, -0.1) is 0 Å². The van der Waals surface area contributed by atoms with Crippen molar-refractivity contribution in [3.8, 4) is 0 Å². The Kier molecular flexibility index (Phi) is 4.45. The van der Waals surface area contributed by atoms with Gasteiger partial charge in [0.05, 0.1) is 0 Å². The van der Waals surface area contributed by atoms with Crippen LogP contribution in [0, 0.1) is 6.92 Å². The lowest BCUT2D eigenvalue weighted by Crippen LogP contribution is -2.26. The van der Waals surface area contributed by atoms with Crippen LogP contribution < -0.4 is 5.32 Å². The molecule has 0 fully saturated rings. The van der Waals surface area contributed by atoms with E-state index < -0.39 is 0 Å². The van der Waals surface area contributed by atoms with Crippen molar-refractivity contribution in [3.05, 3.63) is 35.4 Å². The maximum Gasteiger partial charge on any atom is 0.270 e. The van der Waals surface area contributed by atoms with E-state index in [-0.39, 0.29) is 5.91 Å². The normalized spacial score (nSPS) is 15.1. The second-order valence-corrected chi connectivity index (χ2v) is 4.66. The standard InChI is InChI=1S/C14H19N3O/c1-11-9-13(17-10-16-11)14(18)15-8-7-12-5-3-2-4-6-12/h5,9-10H,2-4,6-8H2,1H3,(H,15,18). The highest BCUT2D eigenvalue weighted by molar-refractivity contribution is 5.92. The third kappa shape index (κ3) is 3.65. The van der Waals surface area contributed by atoms with Gasteiger partial charge in [0.1, 0.15) is 12.0 Å². The van der Waals surface area contributed by atoms with Gasteiger partial charge in [0, 0.05) is 12.2 Å². The van der Waals surface area contributed by atoms with Crippen LogP contribution in [0.4, 0.5) is 0 Å². The maximum absolute atomic E-state index is 11.8. The van der Waals surface area contributed by atoms with Crippen molar-refractivity contribution in [1.82, 2.24) is 15.3 Å². The van der Waals surface area contributed by atoms with E-state index in [9.17, 15) is 4.79 Å². The number of aromatic nitrogens is 2. The molecule has 2 rings (SSSR count). The Morgan fingerprint density at radius 3 is 3.00 bits per heavy atom. The molecule has 1 aliphatic rings. The fourth-order valence-electron chi connectivity index (χ4n) is 2.14. The van der Waals surface area contributed by atoms with Crippen LogP contribution in [0.3, 0.4) is 0 Å². The van der Waals surface area contributed by atoms with E-state index in [1.165, 1.54) is 37.6 Å². The van der Waals surface area contributed by atoms with Crippen LogP contribution in [0.2, 0.25) is 0 Å². The average molecular weight is 245 g/mol. The minimum absolute atomic E-state index is 0.114. The van der Waals surface area contributed by atoms with E-state index in [0.29, 0.717) is 12.2 Å². The number of rotatable bonds is 4. The molecule has 1 aromatic rings. The van der Waals surface area contributed by atoms with E-state index in [0.717, 1.165) is 12.1 Å². The van der Waals surface area contributed by atoms with Crippen molar-refractivity contribution in [2.75, 3.05) is 6.54 Å². The molecule has 1 N–H and O–H groups in total. The molecule has 1 aliphatic carbocycles. The quantitative estimate of drug-likeness (QED) is 0.829. The van der Waals surface area contributed by atoms with Crippen molar-refractivity contribution in [3.63, 3.8) is 0 Å². The van der Waals surface area contributed by atoms with Crippen LogP contribution >= 0.6 is 0 Å². The smallest absolute Gasteiger partial charge is 0.270 e. The lowest BCUT2D eigenvalue weighted by Gasteiger charge is -2.12. The highest BCUT2D eigenvalue weighted by Crippen LogP contribution is 2.19. The molecule has 0 spiro atoms. The van der Waals surface area contributed by atoms with E-state index in [1.54, 1.807) is 6.07 Å². The molecule has 0 saturated carbocycles. The Morgan fingerprint density at radius 1 is 1.39 bits per heavy atom. The largest absolute Gasteiger partial charge is 0.350 e. The van der Waals surface area contributed by atoms with Gasteiger partial charge in [-0.2, -0.15) is 0 Å². The number of nitrogens with zero attached hydrogens (tertiary/aromatic N) is 2. The highest BCUT2D eigenvalue weighted by atomic mass is 16.1. The maximum atomic E-state index is 11.8. The monoisotopic (exact) mass is 245 g/mol. The molecule has 1 heterocycles. The molecular weight excluding hydrogens is 226 g/mol. The number of carbonyl (C=O) groups excluding carboxylic acids is 1. The van der Waals surface area contributed by atoms with Crippen LogP contribution in [0.25, 0.3) is 0 Å². The Balaban J connectivity index is 1.79. The predicted molar refractivity (Wildman–Crippen MR) is 70.3 cm³/mol. The Morgan fingerprint density at radius 2 is 2.28 bits per heavy atom. The van der Waals surface area contributed by atoms with Crippen molar-refractivity contribution in [2.24, 2.45) is 0 Å². The predicted octanol–water partition coefficient (Wildman–Crippen LogP) is 2.41. The Labute approximate surface area is 108 Å². The molecule has 4 heteroatoms. The van der Waals surface area contributed by atoms with E-state index >= 15 is 0 Å². The SMILES string of the molecule is Cc1cc(C(=O)NCCC2=CCCCC2)ncn1. The van der Waals surface area contributed by atoms with Gasteiger partial charge in [0.25, 0.3) is 5.91 Å². The number of amides is 1. The van der Waals surface area contributed by atoms with Gasteiger partial charge >= 0.3 is 0 Å². The third-order valence-electron chi connectivity index (χ3n) is 3.15. The van der Waals surface area contributed by atoms with Gasteiger partial charge in [-0.25, -0.2) is 9.97 Å². The molecule has 4 nitrogen and oxygen atoms in total. The summed E-state index contributed by atoms with van der Waals surface area (Å²) in [5.74, 6) is -0.114. The van der Waals surface area contributed by atoms with Crippen LogP contribution in [-0.4, -0.2) is 22.4 Å². The minimum atomic E-state index is -0.114. The first kappa shape index (κ1) is 12.7. The number of aryl methyl sites for hydroxylation is 1. The summed E-state index contributed by atoms with van der Waals surface area (Å²) in [6.07, 6.45) is 9.64. The summed E-state index contributed by atoms with van der Waals surface area (Å²) in [7, 11) is 0. The van der Waals surface area contributed by atoms with Crippen molar-refractivity contribution in [1.29, 1.82) is 0 Å². The van der Waals surface area contributed by atoms with Crippen molar-refractivity contribution in [2.45, 2.75) is 39.0 Å². The van der Waals surface area contributed by atoms with Gasteiger partial charge in [-0.3, -0.25) is 4.79 Å². The summed E-state index contributed by atoms with van der Waals surface area (Å²) >= 11 is 0. The number of carbonyl (C=O) groups is 1.